The Morgan fingerprint density at radius 2 is 2.24 bits per heavy atom. The molecule has 1 fully saturated rings. The normalized spacial score (nSPS) is 17.8. The molecular weight excluding hydrogens is 216 g/mol. The highest BCUT2D eigenvalue weighted by molar-refractivity contribution is 5.82. The zero-order valence-electron chi connectivity index (χ0n) is 9.80. The topological polar surface area (TPSA) is 71.2 Å². The third-order valence-corrected chi connectivity index (χ3v) is 2.90. The molecule has 1 aromatic rings. The van der Waals surface area contributed by atoms with Crippen molar-refractivity contribution >= 4 is 5.91 Å². The summed E-state index contributed by atoms with van der Waals surface area (Å²) in [6.07, 6.45) is 2.22. The summed E-state index contributed by atoms with van der Waals surface area (Å²) in [5.41, 5.74) is 6.79. The van der Waals surface area contributed by atoms with Crippen LogP contribution in [0.1, 0.15) is 5.69 Å². The quantitative estimate of drug-likeness (QED) is 0.731. The van der Waals surface area contributed by atoms with Gasteiger partial charge in [0.05, 0.1) is 6.04 Å². The van der Waals surface area contributed by atoms with Crippen LogP contribution in [0.3, 0.4) is 0 Å². The Morgan fingerprint density at radius 3 is 2.88 bits per heavy atom. The SMILES string of the molecule is NC(Cc1ccccn1)C(=O)N1CCNCC1. The van der Waals surface area contributed by atoms with Crippen molar-refractivity contribution in [2.24, 2.45) is 5.73 Å². The Labute approximate surface area is 101 Å². The molecule has 0 aromatic carbocycles. The van der Waals surface area contributed by atoms with E-state index in [9.17, 15) is 4.79 Å². The fraction of sp³-hybridized carbons (Fsp3) is 0.500. The molecule has 2 heterocycles. The first kappa shape index (κ1) is 12.0. The predicted octanol–water partition coefficient (Wildman–Crippen LogP) is -0.617. The fourth-order valence-corrected chi connectivity index (χ4v) is 1.95. The highest BCUT2D eigenvalue weighted by atomic mass is 16.2. The zero-order chi connectivity index (χ0) is 12.1. The van der Waals surface area contributed by atoms with E-state index in [1.807, 2.05) is 23.1 Å². The van der Waals surface area contributed by atoms with Crippen molar-refractivity contribution in [3.8, 4) is 0 Å². The Morgan fingerprint density at radius 1 is 1.47 bits per heavy atom. The minimum absolute atomic E-state index is 0.0251. The van der Waals surface area contributed by atoms with Gasteiger partial charge in [-0.2, -0.15) is 0 Å². The molecule has 0 bridgehead atoms. The number of carbonyl (C=O) groups is 1. The second kappa shape index (κ2) is 5.75. The van der Waals surface area contributed by atoms with E-state index < -0.39 is 6.04 Å². The molecule has 5 heteroatoms. The van der Waals surface area contributed by atoms with Crippen LogP contribution in [-0.2, 0) is 11.2 Å². The first-order chi connectivity index (χ1) is 8.27. The van der Waals surface area contributed by atoms with Crippen LogP contribution in [0, 0.1) is 0 Å². The van der Waals surface area contributed by atoms with Crippen molar-refractivity contribution in [2.45, 2.75) is 12.5 Å². The number of hydrogen-bond acceptors (Lipinski definition) is 4. The molecule has 1 aliphatic heterocycles. The molecule has 17 heavy (non-hydrogen) atoms. The van der Waals surface area contributed by atoms with Gasteiger partial charge in [-0.05, 0) is 12.1 Å². The molecule has 1 unspecified atom stereocenters. The lowest BCUT2D eigenvalue weighted by Crippen LogP contribution is -2.52. The van der Waals surface area contributed by atoms with Gasteiger partial charge in [0.25, 0.3) is 0 Å². The molecule has 92 valence electrons. The second-order valence-corrected chi connectivity index (χ2v) is 4.21. The summed E-state index contributed by atoms with van der Waals surface area (Å²) in [5.74, 6) is 0.0251. The molecule has 1 aliphatic rings. The lowest BCUT2D eigenvalue weighted by atomic mass is 10.1. The minimum atomic E-state index is -0.483. The van der Waals surface area contributed by atoms with Gasteiger partial charge in [-0.25, -0.2) is 0 Å². The number of nitrogens with zero attached hydrogens (tertiary/aromatic N) is 2. The number of amides is 1. The Balaban J connectivity index is 1.90. The first-order valence-corrected chi connectivity index (χ1v) is 5.92. The zero-order valence-corrected chi connectivity index (χ0v) is 9.80. The number of rotatable bonds is 3. The lowest BCUT2D eigenvalue weighted by Gasteiger charge is -2.29. The molecule has 1 atom stereocenters. The van der Waals surface area contributed by atoms with E-state index in [0.717, 1.165) is 31.9 Å². The molecule has 1 amide bonds. The van der Waals surface area contributed by atoms with Crippen molar-refractivity contribution in [3.05, 3.63) is 30.1 Å². The van der Waals surface area contributed by atoms with Gasteiger partial charge in [0.1, 0.15) is 0 Å². The van der Waals surface area contributed by atoms with Crippen LogP contribution in [-0.4, -0.2) is 48.0 Å². The molecule has 3 N–H and O–H groups in total. The number of hydrogen-bond donors (Lipinski definition) is 2. The van der Waals surface area contributed by atoms with Gasteiger partial charge < -0.3 is 16.0 Å². The first-order valence-electron chi connectivity index (χ1n) is 5.92. The number of piperazine rings is 1. The maximum atomic E-state index is 12.0. The Hall–Kier alpha value is -1.46. The number of carbonyl (C=O) groups excluding carboxylic acids is 1. The van der Waals surface area contributed by atoms with Crippen molar-refractivity contribution in [3.63, 3.8) is 0 Å². The van der Waals surface area contributed by atoms with Gasteiger partial charge in [-0.3, -0.25) is 9.78 Å². The molecular formula is C12H18N4O. The van der Waals surface area contributed by atoms with E-state index in [1.165, 1.54) is 0 Å². The Kier molecular flexibility index (Phi) is 4.06. The molecule has 0 saturated carbocycles. The van der Waals surface area contributed by atoms with Crippen LogP contribution in [0.5, 0.6) is 0 Å². The Bertz CT molecular complexity index is 362. The number of aromatic nitrogens is 1. The van der Waals surface area contributed by atoms with Crippen LogP contribution in [0.15, 0.2) is 24.4 Å². The summed E-state index contributed by atoms with van der Waals surface area (Å²) in [7, 11) is 0. The van der Waals surface area contributed by atoms with Gasteiger partial charge in [-0.15, -0.1) is 0 Å². The van der Waals surface area contributed by atoms with Crippen LogP contribution in [0.4, 0.5) is 0 Å². The van der Waals surface area contributed by atoms with Gasteiger partial charge in [-0.1, -0.05) is 6.07 Å². The van der Waals surface area contributed by atoms with Crippen molar-refractivity contribution in [1.29, 1.82) is 0 Å². The van der Waals surface area contributed by atoms with E-state index in [4.69, 9.17) is 5.73 Å². The summed E-state index contributed by atoms with van der Waals surface area (Å²) in [5, 5.41) is 3.21. The molecule has 0 aliphatic carbocycles. The summed E-state index contributed by atoms with van der Waals surface area (Å²) < 4.78 is 0. The van der Waals surface area contributed by atoms with Crippen LogP contribution < -0.4 is 11.1 Å². The molecule has 0 spiro atoms. The van der Waals surface area contributed by atoms with Gasteiger partial charge in [0, 0.05) is 44.5 Å². The molecule has 0 radical (unpaired) electrons. The summed E-state index contributed by atoms with van der Waals surface area (Å²) >= 11 is 0. The van der Waals surface area contributed by atoms with E-state index in [-0.39, 0.29) is 5.91 Å². The van der Waals surface area contributed by atoms with E-state index in [1.54, 1.807) is 6.20 Å². The van der Waals surface area contributed by atoms with E-state index in [2.05, 4.69) is 10.3 Å². The summed E-state index contributed by atoms with van der Waals surface area (Å²) in [4.78, 5) is 18.1. The highest BCUT2D eigenvalue weighted by Gasteiger charge is 2.22. The monoisotopic (exact) mass is 234 g/mol. The van der Waals surface area contributed by atoms with Crippen molar-refractivity contribution < 1.29 is 4.79 Å². The van der Waals surface area contributed by atoms with Crippen molar-refractivity contribution in [2.75, 3.05) is 26.2 Å². The fourth-order valence-electron chi connectivity index (χ4n) is 1.95. The highest BCUT2D eigenvalue weighted by Crippen LogP contribution is 2.02. The van der Waals surface area contributed by atoms with Gasteiger partial charge in [0.2, 0.25) is 5.91 Å². The average Bonchev–Trinajstić information content (AvgIpc) is 2.40. The van der Waals surface area contributed by atoms with Gasteiger partial charge in [0.15, 0.2) is 0 Å². The second-order valence-electron chi connectivity index (χ2n) is 4.21. The van der Waals surface area contributed by atoms with Crippen LogP contribution in [0.25, 0.3) is 0 Å². The van der Waals surface area contributed by atoms with Crippen molar-refractivity contribution in [1.82, 2.24) is 15.2 Å². The minimum Gasteiger partial charge on any atom is -0.339 e. The van der Waals surface area contributed by atoms with E-state index in [0.29, 0.717) is 6.42 Å². The van der Waals surface area contributed by atoms with Crippen LogP contribution >= 0.6 is 0 Å². The van der Waals surface area contributed by atoms with E-state index >= 15 is 0 Å². The third-order valence-electron chi connectivity index (χ3n) is 2.90. The maximum absolute atomic E-state index is 12.0. The third kappa shape index (κ3) is 3.25. The molecule has 1 saturated heterocycles. The molecule has 1 aromatic heterocycles. The molecule has 5 nitrogen and oxygen atoms in total. The average molecular weight is 234 g/mol. The summed E-state index contributed by atoms with van der Waals surface area (Å²) in [6.45, 7) is 3.19. The number of nitrogens with one attached hydrogen (secondary N) is 1. The molecule has 2 rings (SSSR count). The predicted molar refractivity (Wildman–Crippen MR) is 65.4 cm³/mol. The van der Waals surface area contributed by atoms with Gasteiger partial charge >= 0.3 is 0 Å². The standard InChI is InChI=1S/C12H18N4O/c13-11(9-10-3-1-2-4-15-10)12(17)16-7-5-14-6-8-16/h1-4,11,14H,5-9,13H2. The van der Waals surface area contributed by atoms with Crippen LogP contribution in [0.2, 0.25) is 0 Å². The maximum Gasteiger partial charge on any atom is 0.239 e. The largest absolute Gasteiger partial charge is 0.339 e. The summed E-state index contributed by atoms with van der Waals surface area (Å²) in [6, 6.07) is 5.17. The number of nitrogens with two attached hydrogens (primary N) is 1. The smallest absolute Gasteiger partial charge is 0.239 e. The lowest BCUT2D eigenvalue weighted by molar-refractivity contribution is -0.133. The number of pyridine rings is 1.